The number of aliphatic hydroxyl groups excluding tert-OH is 1. The molecule has 1 aliphatic heterocycles. The highest BCUT2D eigenvalue weighted by atomic mass is 16.5. The molecule has 1 heterocycles. The molecule has 112 valence electrons. The highest BCUT2D eigenvalue weighted by molar-refractivity contribution is 5.31. The van der Waals surface area contributed by atoms with Crippen molar-refractivity contribution < 1.29 is 14.6 Å². The van der Waals surface area contributed by atoms with Crippen LogP contribution in [0.25, 0.3) is 0 Å². The minimum Gasteiger partial charge on any atom is -0.493 e. The third-order valence-corrected chi connectivity index (χ3v) is 3.79. The van der Waals surface area contributed by atoms with E-state index in [1.54, 1.807) is 0 Å². The van der Waals surface area contributed by atoms with E-state index in [2.05, 4.69) is 24.9 Å². The first kappa shape index (κ1) is 15.3. The third kappa shape index (κ3) is 3.95. The van der Waals surface area contributed by atoms with Gasteiger partial charge in [0, 0.05) is 13.1 Å². The average Bonchev–Trinajstić information content (AvgIpc) is 2.41. The van der Waals surface area contributed by atoms with Gasteiger partial charge in [-0.25, -0.2) is 0 Å². The summed E-state index contributed by atoms with van der Waals surface area (Å²) < 4.78 is 11.0. The van der Waals surface area contributed by atoms with Crippen LogP contribution in [-0.4, -0.2) is 56.6 Å². The second-order valence-electron chi connectivity index (χ2n) is 5.86. The van der Waals surface area contributed by atoms with E-state index in [9.17, 15) is 5.11 Å². The van der Waals surface area contributed by atoms with E-state index in [0.29, 0.717) is 13.2 Å². The zero-order valence-corrected chi connectivity index (χ0v) is 12.5. The Morgan fingerprint density at radius 3 is 2.70 bits per heavy atom. The van der Waals surface area contributed by atoms with Gasteiger partial charge in [-0.15, -0.1) is 0 Å². The minimum absolute atomic E-state index is 0.0361. The Labute approximate surface area is 121 Å². The number of aliphatic hydroxyl groups is 1. The number of aryl methyl sites for hydroxylation is 1. The maximum Gasteiger partial charge on any atom is 0.122 e. The van der Waals surface area contributed by atoms with Crippen molar-refractivity contribution in [1.29, 1.82) is 0 Å². The van der Waals surface area contributed by atoms with Gasteiger partial charge >= 0.3 is 0 Å². The fourth-order valence-corrected chi connectivity index (χ4v) is 2.51. The lowest BCUT2D eigenvalue weighted by Gasteiger charge is -2.42. The van der Waals surface area contributed by atoms with E-state index in [1.807, 2.05) is 18.2 Å². The number of benzene rings is 1. The normalized spacial score (nSPS) is 17.0. The largest absolute Gasteiger partial charge is 0.493 e. The van der Waals surface area contributed by atoms with Gasteiger partial charge in [0.25, 0.3) is 0 Å². The molecule has 1 saturated heterocycles. The van der Waals surface area contributed by atoms with Crippen LogP contribution in [0, 0.1) is 12.3 Å². The summed E-state index contributed by atoms with van der Waals surface area (Å²) in [5, 5.41) is 9.40. The smallest absolute Gasteiger partial charge is 0.122 e. The van der Waals surface area contributed by atoms with Crippen LogP contribution in [0.1, 0.15) is 12.0 Å². The predicted molar refractivity (Wildman–Crippen MR) is 79.1 cm³/mol. The molecule has 4 heteroatoms. The average molecular weight is 279 g/mol. The second-order valence-corrected chi connectivity index (χ2v) is 5.86. The zero-order chi connectivity index (χ0) is 14.4. The first-order valence-corrected chi connectivity index (χ1v) is 7.21. The lowest BCUT2D eigenvalue weighted by atomic mass is 9.86. The molecule has 2 rings (SSSR count). The van der Waals surface area contributed by atoms with Crippen LogP contribution < -0.4 is 4.74 Å². The van der Waals surface area contributed by atoms with E-state index >= 15 is 0 Å². The monoisotopic (exact) mass is 279 g/mol. The summed E-state index contributed by atoms with van der Waals surface area (Å²) >= 11 is 0. The van der Waals surface area contributed by atoms with E-state index in [0.717, 1.165) is 31.9 Å². The van der Waals surface area contributed by atoms with Gasteiger partial charge in [0.15, 0.2) is 0 Å². The molecule has 0 unspecified atom stereocenters. The van der Waals surface area contributed by atoms with Gasteiger partial charge in [0.1, 0.15) is 5.75 Å². The van der Waals surface area contributed by atoms with Crippen molar-refractivity contribution >= 4 is 0 Å². The fourth-order valence-electron chi connectivity index (χ4n) is 2.51. The highest BCUT2D eigenvalue weighted by Gasteiger charge is 2.38. The number of nitrogens with zero attached hydrogens (tertiary/aromatic N) is 1. The minimum atomic E-state index is -0.0361. The molecule has 4 nitrogen and oxygen atoms in total. The molecule has 1 N–H and O–H groups in total. The molecular formula is C16H25NO3. The summed E-state index contributed by atoms with van der Waals surface area (Å²) in [6, 6.07) is 8.08. The molecule has 1 fully saturated rings. The van der Waals surface area contributed by atoms with Crippen molar-refractivity contribution in [2.45, 2.75) is 13.3 Å². The molecule has 0 atom stereocenters. The van der Waals surface area contributed by atoms with Crippen LogP contribution >= 0.6 is 0 Å². The molecule has 20 heavy (non-hydrogen) atoms. The molecule has 0 bridgehead atoms. The van der Waals surface area contributed by atoms with Gasteiger partial charge < -0.3 is 19.5 Å². The molecule has 0 aromatic heterocycles. The van der Waals surface area contributed by atoms with Gasteiger partial charge in [0.05, 0.1) is 31.8 Å². The maximum absolute atomic E-state index is 9.40. The van der Waals surface area contributed by atoms with Crippen LogP contribution in [0.3, 0.4) is 0 Å². The molecule has 1 aromatic carbocycles. The van der Waals surface area contributed by atoms with Crippen molar-refractivity contribution in [3.8, 4) is 5.75 Å². The summed E-state index contributed by atoms with van der Waals surface area (Å²) in [6.07, 6.45) is 0.979. The van der Waals surface area contributed by atoms with Crippen molar-refractivity contribution in [2.24, 2.45) is 5.41 Å². The molecule has 1 aromatic rings. The SMILES string of the molecule is Cc1ccccc1OCCCN(C)CC1(CO)COC1. The van der Waals surface area contributed by atoms with Crippen LogP contribution in [0.4, 0.5) is 0 Å². The quantitative estimate of drug-likeness (QED) is 0.736. The Balaban J connectivity index is 1.64. The maximum atomic E-state index is 9.40. The fraction of sp³-hybridized carbons (Fsp3) is 0.625. The summed E-state index contributed by atoms with van der Waals surface area (Å²) in [4.78, 5) is 2.25. The summed E-state index contributed by atoms with van der Waals surface area (Å²) in [7, 11) is 2.09. The number of ether oxygens (including phenoxy) is 2. The molecule has 0 radical (unpaired) electrons. The molecule has 0 aliphatic carbocycles. The Hall–Kier alpha value is -1.10. The number of hydrogen-bond acceptors (Lipinski definition) is 4. The number of rotatable bonds is 8. The van der Waals surface area contributed by atoms with Crippen LogP contribution in [0.5, 0.6) is 5.75 Å². The second kappa shape index (κ2) is 7.07. The van der Waals surface area contributed by atoms with Gasteiger partial charge in [0.2, 0.25) is 0 Å². The van der Waals surface area contributed by atoms with Crippen LogP contribution in [0.2, 0.25) is 0 Å². The summed E-state index contributed by atoms with van der Waals surface area (Å²) in [5.41, 5.74) is 1.14. The first-order chi connectivity index (χ1) is 9.65. The summed E-state index contributed by atoms with van der Waals surface area (Å²) in [6.45, 7) is 6.18. The number of para-hydroxylation sites is 1. The van der Waals surface area contributed by atoms with Gasteiger partial charge in [-0.3, -0.25) is 0 Å². The molecular weight excluding hydrogens is 254 g/mol. The van der Waals surface area contributed by atoms with E-state index in [-0.39, 0.29) is 12.0 Å². The van der Waals surface area contributed by atoms with Gasteiger partial charge in [-0.2, -0.15) is 0 Å². The molecule has 0 saturated carbocycles. The zero-order valence-electron chi connectivity index (χ0n) is 12.5. The Bertz CT molecular complexity index is 412. The number of hydrogen-bond donors (Lipinski definition) is 1. The lowest BCUT2D eigenvalue weighted by molar-refractivity contribution is -0.146. The van der Waals surface area contributed by atoms with Crippen molar-refractivity contribution in [3.05, 3.63) is 29.8 Å². The Morgan fingerprint density at radius 1 is 1.35 bits per heavy atom. The summed E-state index contributed by atoms with van der Waals surface area (Å²) in [5.74, 6) is 0.967. The van der Waals surface area contributed by atoms with Crippen molar-refractivity contribution in [2.75, 3.05) is 46.6 Å². The Morgan fingerprint density at radius 2 is 2.10 bits per heavy atom. The van der Waals surface area contributed by atoms with E-state index in [4.69, 9.17) is 9.47 Å². The van der Waals surface area contributed by atoms with E-state index in [1.165, 1.54) is 5.56 Å². The van der Waals surface area contributed by atoms with Crippen LogP contribution in [-0.2, 0) is 4.74 Å². The molecule has 0 amide bonds. The van der Waals surface area contributed by atoms with Gasteiger partial charge in [-0.05, 0) is 32.0 Å². The molecule has 0 spiro atoms. The van der Waals surface area contributed by atoms with Crippen LogP contribution in [0.15, 0.2) is 24.3 Å². The van der Waals surface area contributed by atoms with Crippen molar-refractivity contribution in [1.82, 2.24) is 4.90 Å². The predicted octanol–water partition coefficient (Wildman–Crippen LogP) is 1.70. The topological polar surface area (TPSA) is 41.9 Å². The standard InChI is InChI=1S/C16H25NO3/c1-14-6-3-4-7-15(14)20-9-5-8-17(2)10-16(11-18)12-19-13-16/h3-4,6-7,18H,5,8-13H2,1-2H3. The van der Waals surface area contributed by atoms with Crippen molar-refractivity contribution in [3.63, 3.8) is 0 Å². The molecule has 1 aliphatic rings. The van der Waals surface area contributed by atoms with E-state index < -0.39 is 0 Å². The third-order valence-electron chi connectivity index (χ3n) is 3.79. The first-order valence-electron chi connectivity index (χ1n) is 7.21. The lowest BCUT2D eigenvalue weighted by Crippen LogP contribution is -2.52. The Kier molecular flexibility index (Phi) is 5.40. The highest BCUT2D eigenvalue weighted by Crippen LogP contribution is 2.27. The van der Waals surface area contributed by atoms with Gasteiger partial charge in [-0.1, -0.05) is 18.2 Å².